The Morgan fingerprint density at radius 3 is 2.62 bits per heavy atom. The van der Waals surface area contributed by atoms with Crippen molar-refractivity contribution in [1.82, 2.24) is 0 Å². The van der Waals surface area contributed by atoms with Crippen LogP contribution in [0.15, 0.2) is 18.2 Å². The number of rotatable bonds is 6. The van der Waals surface area contributed by atoms with Gasteiger partial charge in [0.25, 0.3) is 0 Å². The van der Waals surface area contributed by atoms with Crippen molar-refractivity contribution in [3.63, 3.8) is 0 Å². The molecule has 0 bridgehead atoms. The second-order valence-electron chi connectivity index (χ2n) is 4.11. The zero-order valence-corrected chi connectivity index (χ0v) is 10.8. The highest BCUT2D eigenvalue weighted by Gasteiger charge is 2.06. The molecule has 16 heavy (non-hydrogen) atoms. The van der Waals surface area contributed by atoms with Gasteiger partial charge in [-0.05, 0) is 56.6 Å². The van der Waals surface area contributed by atoms with Gasteiger partial charge in [-0.25, -0.2) is 4.39 Å². The van der Waals surface area contributed by atoms with E-state index in [2.05, 4.69) is 12.6 Å². The maximum atomic E-state index is 13.6. The van der Waals surface area contributed by atoms with Crippen molar-refractivity contribution in [3.05, 3.63) is 29.6 Å². The predicted octanol–water partition coefficient (Wildman–Crippen LogP) is 3.87. The van der Waals surface area contributed by atoms with Crippen LogP contribution in [0.4, 0.5) is 4.39 Å². The molecule has 0 radical (unpaired) electrons. The Morgan fingerprint density at radius 1 is 1.31 bits per heavy atom. The summed E-state index contributed by atoms with van der Waals surface area (Å²) in [4.78, 5) is 0. The van der Waals surface area contributed by atoms with E-state index in [1.54, 1.807) is 12.1 Å². The largest absolute Gasteiger partial charge is 0.488 e. The van der Waals surface area contributed by atoms with E-state index in [1.807, 2.05) is 19.9 Å². The molecule has 1 aromatic carbocycles. The van der Waals surface area contributed by atoms with Crippen LogP contribution in [0.5, 0.6) is 5.75 Å². The van der Waals surface area contributed by atoms with Crippen LogP contribution in [0, 0.1) is 5.82 Å². The van der Waals surface area contributed by atoms with Crippen molar-refractivity contribution in [3.8, 4) is 5.75 Å². The molecule has 0 atom stereocenters. The van der Waals surface area contributed by atoms with Crippen molar-refractivity contribution in [2.75, 3.05) is 5.75 Å². The average molecular weight is 242 g/mol. The minimum atomic E-state index is -0.267. The predicted molar refractivity (Wildman–Crippen MR) is 69.0 cm³/mol. The summed E-state index contributed by atoms with van der Waals surface area (Å²) in [6.07, 6.45) is 3.02. The van der Waals surface area contributed by atoms with Crippen LogP contribution in [0.25, 0.3) is 0 Å². The van der Waals surface area contributed by atoms with Gasteiger partial charge in [0.1, 0.15) is 0 Å². The van der Waals surface area contributed by atoms with Gasteiger partial charge in [-0.3, -0.25) is 0 Å². The first-order chi connectivity index (χ1) is 7.63. The SMILES string of the molecule is CC(C)Oc1ccc(CCCCS)cc1F. The molecule has 0 N–H and O–H groups in total. The molecule has 0 aliphatic rings. The van der Waals surface area contributed by atoms with Crippen LogP contribution in [-0.4, -0.2) is 11.9 Å². The number of thiol groups is 1. The lowest BCUT2D eigenvalue weighted by atomic mass is 10.1. The Morgan fingerprint density at radius 2 is 2.06 bits per heavy atom. The summed E-state index contributed by atoms with van der Waals surface area (Å²) in [5.74, 6) is 0.960. The van der Waals surface area contributed by atoms with Crippen LogP contribution in [0.2, 0.25) is 0 Å². The number of hydrogen-bond acceptors (Lipinski definition) is 2. The van der Waals surface area contributed by atoms with Crippen molar-refractivity contribution >= 4 is 12.6 Å². The van der Waals surface area contributed by atoms with Crippen LogP contribution >= 0.6 is 12.6 Å². The molecule has 0 saturated heterocycles. The number of halogens is 1. The van der Waals surface area contributed by atoms with E-state index in [9.17, 15) is 4.39 Å². The fraction of sp³-hybridized carbons (Fsp3) is 0.538. The fourth-order valence-corrected chi connectivity index (χ4v) is 1.71. The lowest BCUT2D eigenvalue weighted by Crippen LogP contribution is -2.07. The van der Waals surface area contributed by atoms with E-state index in [0.29, 0.717) is 5.75 Å². The lowest BCUT2D eigenvalue weighted by molar-refractivity contribution is 0.231. The standard InChI is InChI=1S/C13H19FOS/c1-10(2)15-13-7-6-11(9-12(13)14)5-3-4-8-16/h6-7,9-10,16H,3-5,8H2,1-2H3. The summed E-state index contributed by atoms with van der Waals surface area (Å²) in [5, 5.41) is 0. The third kappa shape index (κ3) is 4.44. The molecule has 0 unspecified atom stereocenters. The molecule has 0 saturated carbocycles. The van der Waals surface area contributed by atoms with Gasteiger partial charge in [0.2, 0.25) is 0 Å². The Labute approximate surface area is 102 Å². The van der Waals surface area contributed by atoms with Crippen LogP contribution < -0.4 is 4.74 Å². The van der Waals surface area contributed by atoms with Crippen molar-refractivity contribution in [1.29, 1.82) is 0 Å². The maximum Gasteiger partial charge on any atom is 0.165 e. The van der Waals surface area contributed by atoms with Gasteiger partial charge < -0.3 is 4.74 Å². The fourth-order valence-electron chi connectivity index (χ4n) is 1.49. The summed E-state index contributed by atoms with van der Waals surface area (Å²) in [6.45, 7) is 3.78. The van der Waals surface area contributed by atoms with E-state index in [1.165, 1.54) is 0 Å². The summed E-state index contributed by atoms with van der Waals surface area (Å²) in [5.41, 5.74) is 1.02. The van der Waals surface area contributed by atoms with Crippen molar-refractivity contribution < 1.29 is 9.13 Å². The lowest BCUT2D eigenvalue weighted by Gasteiger charge is -2.11. The average Bonchev–Trinajstić information content (AvgIpc) is 2.22. The number of aryl methyl sites for hydroxylation is 1. The van der Waals surface area contributed by atoms with Gasteiger partial charge in [-0.15, -0.1) is 0 Å². The maximum absolute atomic E-state index is 13.6. The summed E-state index contributed by atoms with van der Waals surface area (Å²) >= 11 is 4.15. The Bertz CT molecular complexity index is 326. The van der Waals surface area contributed by atoms with E-state index < -0.39 is 0 Å². The smallest absolute Gasteiger partial charge is 0.165 e. The molecule has 0 aliphatic heterocycles. The highest BCUT2D eigenvalue weighted by molar-refractivity contribution is 7.80. The minimum Gasteiger partial charge on any atom is -0.488 e. The van der Waals surface area contributed by atoms with Crippen molar-refractivity contribution in [2.24, 2.45) is 0 Å². The van der Waals surface area contributed by atoms with Gasteiger partial charge in [0, 0.05) is 0 Å². The Kier molecular flexibility index (Phi) is 5.67. The highest BCUT2D eigenvalue weighted by Crippen LogP contribution is 2.20. The molecular formula is C13H19FOS. The molecule has 0 spiro atoms. The van der Waals surface area contributed by atoms with E-state index >= 15 is 0 Å². The Hall–Kier alpha value is -0.700. The Balaban J connectivity index is 2.60. The minimum absolute atomic E-state index is 0.00420. The number of hydrogen-bond donors (Lipinski definition) is 1. The van der Waals surface area contributed by atoms with Gasteiger partial charge in [-0.1, -0.05) is 6.07 Å². The first-order valence-electron chi connectivity index (χ1n) is 5.69. The molecule has 1 rings (SSSR count). The summed E-state index contributed by atoms with van der Waals surface area (Å²) in [6, 6.07) is 5.21. The molecule has 0 aromatic heterocycles. The second kappa shape index (κ2) is 6.79. The van der Waals surface area contributed by atoms with E-state index in [0.717, 1.165) is 30.6 Å². The highest BCUT2D eigenvalue weighted by atomic mass is 32.1. The van der Waals surface area contributed by atoms with Gasteiger partial charge >= 0.3 is 0 Å². The molecule has 90 valence electrons. The molecule has 1 nitrogen and oxygen atoms in total. The van der Waals surface area contributed by atoms with E-state index in [4.69, 9.17) is 4.74 Å². The quantitative estimate of drug-likeness (QED) is 0.588. The van der Waals surface area contributed by atoms with Gasteiger partial charge in [-0.2, -0.15) is 12.6 Å². The molecular weight excluding hydrogens is 223 g/mol. The molecule has 0 amide bonds. The van der Waals surface area contributed by atoms with Crippen LogP contribution in [0.3, 0.4) is 0 Å². The third-order valence-corrected chi connectivity index (χ3v) is 2.55. The second-order valence-corrected chi connectivity index (χ2v) is 4.56. The molecule has 0 fully saturated rings. The summed E-state index contributed by atoms with van der Waals surface area (Å²) < 4.78 is 18.9. The monoisotopic (exact) mass is 242 g/mol. The van der Waals surface area contributed by atoms with Gasteiger partial charge in [0.15, 0.2) is 11.6 Å². The van der Waals surface area contributed by atoms with Gasteiger partial charge in [0.05, 0.1) is 6.10 Å². The zero-order valence-electron chi connectivity index (χ0n) is 9.87. The van der Waals surface area contributed by atoms with Crippen LogP contribution in [-0.2, 0) is 6.42 Å². The molecule has 3 heteroatoms. The van der Waals surface area contributed by atoms with E-state index in [-0.39, 0.29) is 11.9 Å². The number of unbranched alkanes of at least 4 members (excludes halogenated alkanes) is 1. The number of ether oxygens (including phenoxy) is 1. The van der Waals surface area contributed by atoms with Crippen molar-refractivity contribution in [2.45, 2.75) is 39.2 Å². The first kappa shape index (κ1) is 13.4. The molecule has 0 heterocycles. The zero-order chi connectivity index (χ0) is 12.0. The first-order valence-corrected chi connectivity index (χ1v) is 6.32. The topological polar surface area (TPSA) is 9.23 Å². The molecule has 1 aromatic rings. The summed E-state index contributed by atoms with van der Waals surface area (Å²) in [7, 11) is 0. The number of benzene rings is 1. The third-order valence-electron chi connectivity index (χ3n) is 2.23. The van der Waals surface area contributed by atoms with Crippen LogP contribution in [0.1, 0.15) is 32.3 Å². The normalized spacial score (nSPS) is 10.8. The molecule has 0 aliphatic carbocycles.